The molecule has 0 amide bonds. The van der Waals surface area contributed by atoms with E-state index in [1.54, 1.807) is 0 Å². The van der Waals surface area contributed by atoms with Crippen molar-refractivity contribution < 1.29 is 40.2 Å². The van der Waals surface area contributed by atoms with Crippen molar-refractivity contribution >= 4 is 11.9 Å². The molecule has 136 valence electrons. The van der Waals surface area contributed by atoms with Gasteiger partial charge >= 0.3 is 11.9 Å². The molecule has 1 rings (SSSR count). The molecule has 0 spiro atoms. The van der Waals surface area contributed by atoms with E-state index in [1.165, 1.54) is 12.1 Å². The predicted molar refractivity (Wildman–Crippen MR) is 85.3 cm³/mol. The van der Waals surface area contributed by atoms with Gasteiger partial charge in [0.1, 0.15) is 0 Å². The SMILES string of the molecule is O=C(O)c1ccc(C(=O)O)c(CCO)c1CCO.OCCCCO. The third kappa shape index (κ3) is 7.05. The largest absolute Gasteiger partial charge is 0.478 e. The van der Waals surface area contributed by atoms with Crippen LogP contribution in [-0.2, 0) is 12.8 Å². The predicted octanol–water partition coefficient (Wildman–Crippen LogP) is -0.0962. The monoisotopic (exact) mass is 344 g/mol. The Kier molecular flexibility index (Phi) is 11.4. The van der Waals surface area contributed by atoms with E-state index in [1.807, 2.05) is 0 Å². The molecule has 24 heavy (non-hydrogen) atoms. The average Bonchev–Trinajstić information content (AvgIpc) is 2.54. The zero-order chi connectivity index (χ0) is 18.5. The maximum atomic E-state index is 11.0. The molecule has 0 aliphatic rings. The van der Waals surface area contributed by atoms with Crippen molar-refractivity contribution in [1.29, 1.82) is 0 Å². The fourth-order valence-electron chi connectivity index (χ4n) is 2.11. The number of aromatic carboxylic acids is 2. The number of hydrogen-bond donors (Lipinski definition) is 6. The van der Waals surface area contributed by atoms with Crippen LogP contribution in [0.2, 0.25) is 0 Å². The van der Waals surface area contributed by atoms with Gasteiger partial charge in [0.05, 0.1) is 11.1 Å². The first-order valence-corrected chi connectivity index (χ1v) is 7.49. The van der Waals surface area contributed by atoms with E-state index in [-0.39, 0.29) is 61.5 Å². The number of unbranched alkanes of at least 4 members (excludes halogenated alkanes) is 1. The Morgan fingerprint density at radius 1 is 0.667 bits per heavy atom. The Morgan fingerprint density at radius 3 is 1.21 bits per heavy atom. The first-order chi connectivity index (χ1) is 11.4. The molecule has 0 aliphatic heterocycles. The van der Waals surface area contributed by atoms with Gasteiger partial charge in [-0.2, -0.15) is 0 Å². The second kappa shape index (κ2) is 12.4. The number of carboxylic acids is 2. The highest BCUT2D eigenvalue weighted by molar-refractivity contribution is 5.95. The van der Waals surface area contributed by atoms with Crippen LogP contribution >= 0.6 is 0 Å². The van der Waals surface area contributed by atoms with E-state index in [2.05, 4.69) is 0 Å². The Hall–Kier alpha value is -2.00. The minimum Gasteiger partial charge on any atom is -0.478 e. The van der Waals surface area contributed by atoms with Crippen LogP contribution in [0.4, 0.5) is 0 Å². The first-order valence-electron chi connectivity index (χ1n) is 7.49. The van der Waals surface area contributed by atoms with Crippen molar-refractivity contribution in [3.63, 3.8) is 0 Å². The van der Waals surface area contributed by atoms with Crippen LogP contribution in [0, 0.1) is 0 Å². The highest BCUT2D eigenvalue weighted by Crippen LogP contribution is 2.21. The van der Waals surface area contributed by atoms with Gasteiger partial charge in [-0.1, -0.05) is 0 Å². The Morgan fingerprint density at radius 2 is 1.00 bits per heavy atom. The summed E-state index contributed by atoms with van der Waals surface area (Å²) in [5, 5.41) is 52.1. The smallest absolute Gasteiger partial charge is 0.335 e. The van der Waals surface area contributed by atoms with E-state index in [0.29, 0.717) is 0 Å². The maximum Gasteiger partial charge on any atom is 0.335 e. The third-order valence-electron chi connectivity index (χ3n) is 3.18. The van der Waals surface area contributed by atoms with Crippen LogP contribution in [0.15, 0.2) is 12.1 Å². The topological polar surface area (TPSA) is 156 Å². The van der Waals surface area contributed by atoms with Crippen LogP contribution in [0.1, 0.15) is 44.7 Å². The number of aliphatic hydroxyl groups is 4. The lowest BCUT2D eigenvalue weighted by Gasteiger charge is -2.14. The summed E-state index contributed by atoms with van der Waals surface area (Å²) in [6.45, 7) is -0.190. The molecular formula is C16H24O8. The summed E-state index contributed by atoms with van der Waals surface area (Å²) in [5.41, 5.74) is 0.438. The molecule has 8 nitrogen and oxygen atoms in total. The van der Waals surface area contributed by atoms with Crippen molar-refractivity contribution in [2.45, 2.75) is 25.7 Å². The first kappa shape index (κ1) is 22.0. The summed E-state index contributed by atoms with van der Waals surface area (Å²) < 4.78 is 0. The number of benzene rings is 1. The van der Waals surface area contributed by atoms with E-state index in [0.717, 1.165) is 12.8 Å². The zero-order valence-electron chi connectivity index (χ0n) is 13.3. The minimum atomic E-state index is -1.19. The minimum absolute atomic E-state index is 0.0398. The number of carbonyl (C=O) groups is 2. The fraction of sp³-hybridized carbons (Fsp3) is 0.500. The van der Waals surface area contributed by atoms with Gasteiger partial charge in [-0.3, -0.25) is 0 Å². The quantitative estimate of drug-likeness (QED) is 0.339. The van der Waals surface area contributed by atoms with Gasteiger partial charge in [0.2, 0.25) is 0 Å². The normalized spacial score (nSPS) is 10.0. The van der Waals surface area contributed by atoms with Crippen LogP contribution in [-0.4, -0.2) is 69.0 Å². The number of carboxylic acid groups (broad SMARTS) is 2. The fourth-order valence-corrected chi connectivity index (χ4v) is 2.11. The average molecular weight is 344 g/mol. The Balaban J connectivity index is 0.000000754. The molecule has 6 N–H and O–H groups in total. The molecule has 0 unspecified atom stereocenters. The molecule has 8 heteroatoms. The summed E-state index contributed by atoms with van der Waals surface area (Å²) in [5.74, 6) is -2.37. The van der Waals surface area contributed by atoms with E-state index in [4.69, 9.17) is 30.6 Å². The van der Waals surface area contributed by atoms with E-state index in [9.17, 15) is 9.59 Å². The molecule has 1 aromatic carbocycles. The number of rotatable bonds is 9. The summed E-state index contributed by atoms with van der Waals surface area (Å²) >= 11 is 0. The van der Waals surface area contributed by atoms with E-state index < -0.39 is 11.9 Å². The second-order valence-corrected chi connectivity index (χ2v) is 4.83. The molecule has 0 saturated heterocycles. The Labute approximate surface area is 139 Å². The molecule has 0 radical (unpaired) electrons. The lowest BCUT2D eigenvalue weighted by atomic mass is 9.92. The van der Waals surface area contributed by atoms with Gasteiger partial charge in [-0.05, 0) is 48.9 Å². The van der Waals surface area contributed by atoms with Crippen molar-refractivity contribution in [3.05, 3.63) is 34.4 Å². The van der Waals surface area contributed by atoms with E-state index >= 15 is 0 Å². The van der Waals surface area contributed by atoms with Crippen LogP contribution < -0.4 is 0 Å². The van der Waals surface area contributed by atoms with Gasteiger partial charge in [0, 0.05) is 26.4 Å². The van der Waals surface area contributed by atoms with Crippen molar-refractivity contribution in [2.75, 3.05) is 26.4 Å². The lowest BCUT2D eigenvalue weighted by molar-refractivity contribution is 0.0678. The molecule has 0 saturated carbocycles. The number of hydrogen-bond acceptors (Lipinski definition) is 6. The van der Waals surface area contributed by atoms with Gasteiger partial charge in [0.25, 0.3) is 0 Å². The highest BCUT2D eigenvalue weighted by atomic mass is 16.4. The molecule has 0 atom stereocenters. The highest BCUT2D eigenvalue weighted by Gasteiger charge is 2.19. The molecule has 0 aliphatic carbocycles. The second-order valence-electron chi connectivity index (χ2n) is 4.83. The van der Waals surface area contributed by atoms with Crippen LogP contribution in [0.25, 0.3) is 0 Å². The summed E-state index contributed by atoms with van der Waals surface area (Å²) in [4.78, 5) is 22.1. The molecule has 0 bridgehead atoms. The lowest BCUT2D eigenvalue weighted by Crippen LogP contribution is -2.14. The third-order valence-corrected chi connectivity index (χ3v) is 3.18. The maximum absolute atomic E-state index is 11.0. The van der Waals surface area contributed by atoms with Gasteiger partial charge < -0.3 is 30.6 Å². The molecular weight excluding hydrogens is 320 g/mol. The van der Waals surface area contributed by atoms with Crippen molar-refractivity contribution in [1.82, 2.24) is 0 Å². The Bertz CT molecular complexity index is 480. The molecule has 0 fully saturated rings. The van der Waals surface area contributed by atoms with Gasteiger partial charge in [-0.15, -0.1) is 0 Å². The molecule has 0 heterocycles. The molecule has 0 aromatic heterocycles. The van der Waals surface area contributed by atoms with Gasteiger partial charge in [0.15, 0.2) is 0 Å². The number of aliphatic hydroxyl groups excluding tert-OH is 4. The standard InChI is InChI=1S/C12H14O6.C4H10O2/c13-5-3-7-8(4-6-14)10(12(17)18)2-1-9(7)11(15)16;5-3-1-2-4-6/h1-2,13-14H,3-6H2,(H,15,16)(H,17,18);5-6H,1-4H2. The van der Waals surface area contributed by atoms with Gasteiger partial charge in [-0.25, -0.2) is 9.59 Å². The van der Waals surface area contributed by atoms with Crippen LogP contribution in [0.3, 0.4) is 0 Å². The summed E-state index contributed by atoms with van der Waals surface area (Å²) in [6, 6.07) is 2.41. The summed E-state index contributed by atoms with van der Waals surface area (Å²) in [6.07, 6.45) is 1.52. The zero-order valence-corrected chi connectivity index (χ0v) is 13.3. The molecule has 1 aromatic rings. The van der Waals surface area contributed by atoms with Crippen molar-refractivity contribution in [3.8, 4) is 0 Å². The van der Waals surface area contributed by atoms with Crippen molar-refractivity contribution in [2.24, 2.45) is 0 Å². The summed E-state index contributed by atoms with van der Waals surface area (Å²) in [7, 11) is 0. The van der Waals surface area contributed by atoms with Crippen LogP contribution in [0.5, 0.6) is 0 Å².